The van der Waals surface area contributed by atoms with Gasteiger partial charge in [-0.05, 0) is 43.7 Å². The van der Waals surface area contributed by atoms with E-state index in [9.17, 15) is 0 Å². The van der Waals surface area contributed by atoms with Crippen LogP contribution < -0.4 is 15.2 Å². The van der Waals surface area contributed by atoms with Crippen molar-refractivity contribution >= 4 is 15.9 Å². The molecule has 0 saturated carbocycles. The van der Waals surface area contributed by atoms with Crippen molar-refractivity contribution in [2.75, 3.05) is 6.61 Å². The van der Waals surface area contributed by atoms with Crippen molar-refractivity contribution in [3.8, 4) is 17.2 Å². The maximum absolute atomic E-state index is 5.89. The number of halogens is 1. The molecule has 0 unspecified atom stereocenters. The van der Waals surface area contributed by atoms with Crippen LogP contribution in [0.4, 0.5) is 0 Å². The summed E-state index contributed by atoms with van der Waals surface area (Å²) < 4.78 is 12.4. The van der Waals surface area contributed by atoms with Crippen LogP contribution in [0.1, 0.15) is 25.5 Å². The van der Waals surface area contributed by atoms with Crippen LogP contribution in [-0.4, -0.2) is 6.61 Å². The first-order valence-corrected chi connectivity index (χ1v) is 7.35. The van der Waals surface area contributed by atoms with Crippen LogP contribution in [0.15, 0.2) is 46.9 Å². The zero-order valence-electron chi connectivity index (χ0n) is 11.6. The van der Waals surface area contributed by atoms with Crippen molar-refractivity contribution in [1.82, 2.24) is 0 Å². The van der Waals surface area contributed by atoms with E-state index in [1.54, 1.807) is 0 Å². The molecule has 20 heavy (non-hydrogen) atoms. The molecule has 0 aliphatic heterocycles. The second kappa shape index (κ2) is 6.77. The third-order valence-corrected chi connectivity index (χ3v) is 3.53. The quantitative estimate of drug-likeness (QED) is 0.864. The van der Waals surface area contributed by atoms with E-state index in [0.717, 1.165) is 21.5 Å². The van der Waals surface area contributed by atoms with Gasteiger partial charge in [0, 0.05) is 10.5 Å². The number of rotatable bonds is 5. The lowest BCUT2D eigenvalue weighted by Gasteiger charge is -2.13. The van der Waals surface area contributed by atoms with Crippen LogP contribution in [0.5, 0.6) is 17.2 Å². The topological polar surface area (TPSA) is 44.5 Å². The predicted molar refractivity (Wildman–Crippen MR) is 84.4 cm³/mol. The highest BCUT2D eigenvalue weighted by atomic mass is 79.9. The number of hydrogen-bond donors (Lipinski definition) is 1. The molecule has 3 nitrogen and oxygen atoms in total. The average molecular weight is 336 g/mol. The Kier molecular flexibility index (Phi) is 5.04. The van der Waals surface area contributed by atoms with Gasteiger partial charge in [-0.15, -0.1) is 0 Å². The molecule has 0 saturated heterocycles. The van der Waals surface area contributed by atoms with E-state index in [1.165, 1.54) is 0 Å². The highest BCUT2D eigenvalue weighted by Crippen LogP contribution is 2.34. The first kappa shape index (κ1) is 14.9. The molecule has 2 aromatic rings. The standard InChI is InChI=1S/C16H18BrNO2/c1-3-19-15-6-4-5-7-16(15)20-12-8-9-13(11(2)18)14(17)10-12/h4-11H,3,18H2,1-2H3/t11-/m1/s1. The molecule has 0 heterocycles. The zero-order valence-corrected chi connectivity index (χ0v) is 13.2. The molecule has 0 aliphatic rings. The van der Waals surface area contributed by atoms with Gasteiger partial charge < -0.3 is 15.2 Å². The van der Waals surface area contributed by atoms with Gasteiger partial charge in [0.2, 0.25) is 0 Å². The summed E-state index contributed by atoms with van der Waals surface area (Å²) in [5.74, 6) is 2.19. The second-order valence-electron chi connectivity index (χ2n) is 4.45. The third kappa shape index (κ3) is 3.52. The van der Waals surface area contributed by atoms with Crippen LogP contribution in [0.25, 0.3) is 0 Å². The first-order chi connectivity index (χ1) is 9.61. The number of nitrogens with two attached hydrogens (primary N) is 1. The van der Waals surface area contributed by atoms with E-state index in [0.29, 0.717) is 12.4 Å². The van der Waals surface area contributed by atoms with Crippen LogP contribution in [-0.2, 0) is 0 Å². The highest BCUT2D eigenvalue weighted by Gasteiger charge is 2.09. The number of hydrogen-bond acceptors (Lipinski definition) is 3. The number of para-hydroxylation sites is 2. The average Bonchev–Trinajstić information content (AvgIpc) is 2.41. The molecule has 2 N–H and O–H groups in total. The molecule has 4 heteroatoms. The highest BCUT2D eigenvalue weighted by molar-refractivity contribution is 9.10. The minimum atomic E-state index is -0.0193. The Labute approximate surface area is 127 Å². The SMILES string of the molecule is CCOc1ccccc1Oc1ccc([C@@H](C)N)c(Br)c1. The molecule has 0 bridgehead atoms. The van der Waals surface area contributed by atoms with Gasteiger partial charge in [-0.1, -0.05) is 34.1 Å². The van der Waals surface area contributed by atoms with Crippen LogP contribution in [0.3, 0.4) is 0 Å². The van der Waals surface area contributed by atoms with Crippen LogP contribution >= 0.6 is 15.9 Å². The zero-order chi connectivity index (χ0) is 14.5. The molecule has 0 aliphatic carbocycles. The molecule has 2 aromatic carbocycles. The second-order valence-corrected chi connectivity index (χ2v) is 5.31. The lowest BCUT2D eigenvalue weighted by atomic mass is 10.1. The molecule has 1 atom stereocenters. The minimum Gasteiger partial charge on any atom is -0.490 e. The van der Waals surface area contributed by atoms with Gasteiger partial charge in [0.15, 0.2) is 11.5 Å². The summed E-state index contributed by atoms with van der Waals surface area (Å²) >= 11 is 3.52. The third-order valence-electron chi connectivity index (χ3n) is 2.84. The predicted octanol–water partition coefficient (Wildman–Crippen LogP) is 4.66. The van der Waals surface area contributed by atoms with E-state index < -0.39 is 0 Å². The van der Waals surface area contributed by atoms with E-state index in [2.05, 4.69) is 15.9 Å². The summed E-state index contributed by atoms with van der Waals surface area (Å²) in [6.45, 7) is 4.50. The van der Waals surface area contributed by atoms with Gasteiger partial charge in [-0.25, -0.2) is 0 Å². The van der Waals surface area contributed by atoms with Gasteiger partial charge >= 0.3 is 0 Å². The summed E-state index contributed by atoms with van der Waals surface area (Å²) in [5, 5.41) is 0. The Balaban J connectivity index is 2.24. The van der Waals surface area contributed by atoms with E-state index >= 15 is 0 Å². The van der Waals surface area contributed by atoms with Crippen molar-refractivity contribution in [2.45, 2.75) is 19.9 Å². The van der Waals surface area contributed by atoms with Crippen molar-refractivity contribution < 1.29 is 9.47 Å². The Hall–Kier alpha value is -1.52. The molecular formula is C16H18BrNO2. The molecule has 0 spiro atoms. The first-order valence-electron chi connectivity index (χ1n) is 6.56. The maximum atomic E-state index is 5.89. The monoisotopic (exact) mass is 335 g/mol. The number of benzene rings is 2. The van der Waals surface area contributed by atoms with E-state index in [4.69, 9.17) is 15.2 Å². The Bertz CT molecular complexity index is 584. The lowest BCUT2D eigenvalue weighted by molar-refractivity contribution is 0.321. The fourth-order valence-electron chi connectivity index (χ4n) is 1.88. The summed E-state index contributed by atoms with van der Waals surface area (Å²) in [7, 11) is 0. The fourth-order valence-corrected chi connectivity index (χ4v) is 2.60. The Morgan fingerprint density at radius 1 is 1.15 bits per heavy atom. The lowest BCUT2D eigenvalue weighted by Crippen LogP contribution is -2.05. The molecule has 0 radical (unpaired) electrons. The van der Waals surface area contributed by atoms with Crippen molar-refractivity contribution in [1.29, 1.82) is 0 Å². The van der Waals surface area contributed by atoms with Crippen LogP contribution in [0.2, 0.25) is 0 Å². The van der Waals surface area contributed by atoms with E-state index in [-0.39, 0.29) is 6.04 Å². The molecule has 0 fully saturated rings. The normalized spacial score (nSPS) is 12.0. The van der Waals surface area contributed by atoms with Crippen molar-refractivity contribution in [3.05, 3.63) is 52.5 Å². The van der Waals surface area contributed by atoms with Crippen molar-refractivity contribution in [3.63, 3.8) is 0 Å². The van der Waals surface area contributed by atoms with Crippen LogP contribution in [0, 0.1) is 0 Å². The van der Waals surface area contributed by atoms with Gasteiger partial charge in [-0.3, -0.25) is 0 Å². The summed E-state index contributed by atoms with van der Waals surface area (Å²) in [6, 6.07) is 13.4. The minimum absolute atomic E-state index is 0.0193. The van der Waals surface area contributed by atoms with Gasteiger partial charge in [-0.2, -0.15) is 0 Å². The summed E-state index contributed by atoms with van der Waals surface area (Å²) in [4.78, 5) is 0. The van der Waals surface area contributed by atoms with E-state index in [1.807, 2.05) is 56.3 Å². The smallest absolute Gasteiger partial charge is 0.169 e. The Morgan fingerprint density at radius 2 is 1.85 bits per heavy atom. The summed E-state index contributed by atoms with van der Waals surface area (Å²) in [5.41, 5.74) is 6.94. The molecule has 0 amide bonds. The molecule has 0 aromatic heterocycles. The number of ether oxygens (including phenoxy) is 2. The molecular weight excluding hydrogens is 318 g/mol. The molecule has 2 rings (SSSR count). The fraction of sp³-hybridized carbons (Fsp3) is 0.250. The van der Waals surface area contributed by atoms with Gasteiger partial charge in [0.05, 0.1) is 6.61 Å². The van der Waals surface area contributed by atoms with Gasteiger partial charge in [0.1, 0.15) is 5.75 Å². The maximum Gasteiger partial charge on any atom is 0.169 e. The molecule has 106 valence electrons. The summed E-state index contributed by atoms with van der Waals surface area (Å²) in [6.07, 6.45) is 0. The van der Waals surface area contributed by atoms with Gasteiger partial charge in [0.25, 0.3) is 0 Å². The van der Waals surface area contributed by atoms with Crippen molar-refractivity contribution in [2.24, 2.45) is 5.73 Å². The Morgan fingerprint density at radius 3 is 2.45 bits per heavy atom. The largest absolute Gasteiger partial charge is 0.490 e.